The molecule has 36 heavy (non-hydrogen) atoms. The van der Waals surface area contributed by atoms with Crippen LogP contribution in [0.4, 0.5) is 0 Å². The van der Waals surface area contributed by atoms with Crippen molar-refractivity contribution in [2.75, 3.05) is 0 Å². The molecule has 0 spiro atoms. The number of aromatic nitrogens is 2. The van der Waals surface area contributed by atoms with Crippen molar-refractivity contribution in [1.29, 1.82) is 0 Å². The van der Waals surface area contributed by atoms with Crippen molar-refractivity contribution in [3.63, 3.8) is 0 Å². The van der Waals surface area contributed by atoms with Crippen molar-refractivity contribution in [3.8, 4) is 11.3 Å². The Morgan fingerprint density at radius 1 is 1.14 bits per heavy atom. The molecular weight excluding hydrogens is 460 g/mol. The molecule has 0 bridgehead atoms. The molecule has 3 aromatic heterocycles. The van der Waals surface area contributed by atoms with E-state index < -0.39 is 24.5 Å². The first-order chi connectivity index (χ1) is 19.4. The van der Waals surface area contributed by atoms with Gasteiger partial charge in [-0.1, -0.05) is 46.8 Å². The minimum absolute atomic E-state index is 0.0879. The molecular formula is C32H36N2OS. The maximum Gasteiger partial charge on any atom is 0.162 e. The van der Waals surface area contributed by atoms with Gasteiger partial charge in [-0.15, -0.1) is 11.3 Å². The van der Waals surface area contributed by atoms with Crippen LogP contribution in [0.2, 0.25) is 0 Å². The summed E-state index contributed by atoms with van der Waals surface area (Å²) in [5.41, 5.74) is 2.52. The number of hydrogen-bond acceptors (Lipinski definition) is 4. The number of aryl methyl sites for hydroxylation is 1. The van der Waals surface area contributed by atoms with Gasteiger partial charge in [-0.25, -0.2) is 4.98 Å². The number of furan rings is 1. The van der Waals surface area contributed by atoms with Gasteiger partial charge >= 0.3 is 0 Å². The highest BCUT2D eigenvalue weighted by molar-refractivity contribution is 7.18. The number of para-hydroxylation sites is 1. The van der Waals surface area contributed by atoms with Gasteiger partial charge in [-0.3, -0.25) is 4.98 Å². The molecule has 1 aliphatic rings. The van der Waals surface area contributed by atoms with Crippen LogP contribution in [0.15, 0.2) is 47.0 Å². The second-order valence-electron chi connectivity index (χ2n) is 11.9. The summed E-state index contributed by atoms with van der Waals surface area (Å²) in [7, 11) is 0. The highest BCUT2D eigenvalue weighted by Crippen LogP contribution is 2.46. The van der Waals surface area contributed by atoms with Gasteiger partial charge in [0.15, 0.2) is 5.58 Å². The average Bonchev–Trinajstić information content (AvgIpc) is 3.51. The van der Waals surface area contributed by atoms with Gasteiger partial charge in [-0.05, 0) is 85.1 Å². The summed E-state index contributed by atoms with van der Waals surface area (Å²) in [6.45, 7) is 7.32. The van der Waals surface area contributed by atoms with E-state index in [0.717, 1.165) is 51.7 Å². The summed E-state index contributed by atoms with van der Waals surface area (Å²) >= 11 is 1.57. The van der Waals surface area contributed by atoms with Gasteiger partial charge < -0.3 is 4.42 Å². The highest BCUT2D eigenvalue weighted by Gasteiger charge is 2.30. The Kier molecular flexibility index (Phi) is 4.13. The predicted molar refractivity (Wildman–Crippen MR) is 153 cm³/mol. The molecule has 1 fully saturated rings. The number of fused-ring (bicyclic) bond motifs is 5. The Hall–Kier alpha value is -2.72. The van der Waals surface area contributed by atoms with E-state index in [4.69, 9.17) is 16.3 Å². The molecule has 4 heteroatoms. The van der Waals surface area contributed by atoms with E-state index in [1.54, 1.807) is 38.2 Å². The van der Waals surface area contributed by atoms with Crippen LogP contribution in [0.5, 0.6) is 0 Å². The molecule has 0 unspecified atom stereocenters. The second kappa shape index (κ2) is 8.41. The molecule has 0 atom stereocenters. The van der Waals surface area contributed by atoms with Gasteiger partial charge in [0.25, 0.3) is 0 Å². The number of pyridine rings is 1. The van der Waals surface area contributed by atoms with Crippen LogP contribution >= 0.6 is 11.3 Å². The first-order valence-electron chi connectivity index (χ1n) is 15.7. The van der Waals surface area contributed by atoms with Crippen LogP contribution in [-0.2, 0) is 6.37 Å². The molecule has 5 aromatic rings. The lowest BCUT2D eigenvalue weighted by molar-refractivity contribution is 0.224. The zero-order chi connectivity index (χ0) is 30.5. The lowest BCUT2D eigenvalue weighted by Crippen LogP contribution is -2.20. The zero-order valence-corrected chi connectivity index (χ0v) is 22.4. The molecule has 3 nitrogen and oxygen atoms in total. The minimum Gasteiger partial charge on any atom is -0.453 e. The standard InChI is InChI=1S/C32H36N2OS/c1-19-18-33-25(16-21(19)17-31(2,3)4)24-9-7-8-22-23-10-11-26-27(29(23)35-28(22)24)34-30(36-26)20-12-14-32(5,6)15-13-20/h7-11,16,18,20H,12-15,17H2,1-6H3/i1D3,17D2,20D. The van der Waals surface area contributed by atoms with E-state index in [0.29, 0.717) is 22.4 Å². The molecule has 3 heterocycles. The monoisotopic (exact) mass is 502 g/mol. The number of rotatable bonds is 3. The lowest BCUT2D eigenvalue weighted by Gasteiger charge is -2.33. The predicted octanol–water partition coefficient (Wildman–Crippen LogP) is 9.84. The van der Waals surface area contributed by atoms with Crippen LogP contribution in [0.3, 0.4) is 0 Å². The molecule has 0 N–H and O–H groups in total. The van der Waals surface area contributed by atoms with Crippen LogP contribution in [-0.4, -0.2) is 9.97 Å². The van der Waals surface area contributed by atoms with Gasteiger partial charge in [0.1, 0.15) is 11.1 Å². The average molecular weight is 503 g/mol. The number of benzene rings is 2. The van der Waals surface area contributed by atoms with Crippen LogP contribution < -0.4 is 0 Å². The van der Waals surface area contributed by atoms with Crippen LogP contribution in [0, 0.1) is 17.7 Å². The highest BCUT2D eigenvalue weighted by atomic mass is 32.1. The van der Waals surface area contributed by atoms with Gasteiger partial charge in [0.2, 0.25) is 0 Å². The second-order valence-corrected chi connectivity index (χ2v) is 12.9. The third kappa shape index (κ3) is 4.24. The smallest absolute Gasteiger partial charge is 0.162 e. The van der Waals surface area contributed by atoms with E-state index in [2.05, 4.69) is 24.9 Å². The van der Waals surface area contributed by atoms with E-state index in [-0.39, 0.29) is 16.5 Å². The summed E-state index contributed by atoms with van der Waals surface area (Å²) in [4.78, 5) is 9.52. The summed E-state index contributed by atoms with van der Waals surface area (Å²) in [6, 6.07) is 11.4. The van der Waals surface area contributed by atoms with Crippen molar-refractivity contribution in [1.82, 2.24) is 9.97 Å². The van der Waals surface area contributed by atoms with Crippen molar-refractivity contribution in [3.05, 3.63) is 58.7 Å². The van der Waals surface area contributed by atoms with E-state index >= 15 is 0 Å². The topological polar surface area (TPSA) is 38.9 Å². The summed E-state index contributed by atoms with van der Waals surface area (Å²) in [5, 5.41) is 2.61. The molecule has 6 rings (SSSR count). The molecule has 0 radical (unpaired) electrons. The third-order valence-electron chi connectivity index (χ3n) is 7.22. The van der Waals surface area contributed by atoms with Gasteiger partial charge in [-0.2, -0.15) is 0 Å². The maximum absolute atomic E-state index is 9.25. The lowest BCUT2D eigenvalue weighted by atomic mass is 9.73. The van der Waals surface area contributed by atoms with Crippen molar-refractivity contribution in [2.24, 2.45) is 10.8 Å². The first kappa shape index (κ1) is 17.7. The molecule has 2 aromatic carbocycles. The summed E-state index contributed by atoms with van der Waals surface area (Å²) in [6.07, 6.45) is 2.93. The van der Waals surface area contributed by atoms with Crippen molar-refractivity contribution >= 4 is 43.5 Å². The fourth-order valence-electron chi connectivity index (χ4n) is 5.15. The number of hydrogen-bond donors (Lipinski definition) is 0. The number of nitrogens with zero attached hydrogens (tertiary/aromatic N) is 2. The van der Waals surface area contributed by atoms with E-state index in [9.17, 15) is 1.37 Å². The zero-order valence-electron chi connectivity index (χ0n) is 27.6. The third-order valence-corrected chi connectivity index (χ3v) is 8.35. The van der Waals surface area contributed by atoms with Crippen molar-refractivity contribution in [2.45, 2.75) is 79.4 Å². The Labute approximate surface area is 226 Å². The summed E-state index contributed by atoms with van der Waals surface area (Å²) < 4.78 is 58.7. The van der Waals surface area contributed by atoms with Crippen LogP contribution in [0.1, 0.15) is 90.6 Å². The normalized spacial score (nSPS) is 21.0. The van der Waals surface area contributed by atoms with E-state index in [1.165, 1.54) is 6.20 Å². The molecule has 1 saturated carbocycles. The summed E-state index contributed by atoms with van der Waals surface area (Å²) in [5.74, 6) is -0.695. The van der Waals surface area contributed by atoms with Gasteiger partial charge in [0, 0.05) is 36.7 Å². The molecule has 0 saturated heterocycles. The number of thiazole rings is 1. The quantitative estimate of drug-likeness (QED) is 0.246. The Morgan fingerprint density at radius 2 is 1.92 bits per heavy atom. The SMILES string of the molecule is [2H]C([2H])([2H])c1cnc(-c2cccc3c2oc2c3ccc3sc(C4([2H])CCC(C)(C)CC4)nc32)cc1C([2H])([2H])C(C)(C)C. The van der Waals surface area contributed by atoms with Crippen molar-refractivity contribution < 1.29 is 12.6 Å². The van der Waals surface area contributed by atoms with Crippen LogP contribution in [0.25, 0.3) is 43.4 Å². The fourth-order valence-corrected chi connectivity index (χ4v) is 6.22. The Morgan fingerprint density at radius 3 is 2.67 bits per heavy atom. The van der Waals surface area contributed by atoms with Gasteiger partial charge in [0.05, 0.1) is 15.4 Å². The molecule has 1 aliphatic carbocycles. The van der Waals surface area contributed by atoms with E-state index in [1.807, 2.05) is 24.3 Å². The fraction of sp³-hybridized carbons (Fsp3) is 0.438. The molecule has 0 aliphatic heterocycles. The molecule has 186 valence electrons. The first-order valence-corrected chi connectivity index (χ1v) is 13.5. The Balaban J connectivity index is 1.52. The minimum atomic E-state index is -2.51. The molecule has 0 amide bonds. The maximum atomic E-state index is 9.25. The largest absolute Gasteiger partial charge is 0.453 e. The Bertz CT molecular complexity index is 1830.